The average Bonchev–Trinajstić information content (AvgIpc) is 2.82. The molecule has 0 unspecified atom stereocenters. The van der Waals surface area contributed by atoms with E-state index in [1.165, 1.54) is 12.8 Å². The summed E-state index contributed by atoms with van der Waals surface area (Å²) in [5.74, 6) is 0.739. The molecule has 1 aromatic carbocycles. The van der Waals surface area contributed by atoms with Gasteiger partial charge < -0.3 is 4.74 Å². The first-order valence-corrected chi connectivity index (χ1v) is 6.17. The third kappa shape index (κ3) is 3.61. The minimum atomic E-state index is -0.448. The molecule has 1 saturated heterocycles. The number of benzene rings is 1. The third-order valence-electron chi connectivity index (χ3n) is 3.11. The lowest BCUT2D eigenvalue weighted by atomic mass is 10.1. The lowest BCUT2D eigenvalue weighted by Crippen LogP contribution is -2.18. The van der Waals surface area contributed by atoms with Gasteiger partial charge in [0.25, 0.3) is 5.24 Å². The Kier molecular flexibility index (Phi) is 5.93. The van der Waals surface area contributed by atoms with Crippen molar-refractivity contribution in [1.29, 1.82) is 0 Å². The highest BCUT2D eigenvalue weighted by Crippen LogP contribution is 2.24. The van der Waals surface area contributed by atoms with Crippen LogP contribution in [-0.2, 0) is 6.54 Å². The van der Waals surface area contributed by atoms with E-state index in [2.05, 4.69) is 4.90 Å². The zero-order valence-corrected chi connectivity index (χ0v) is 11.9. The zero-order valence-electron chi connectivity index (χ0n) is 10.3. The van der Waals surface area contributed by atoms with Crippen molar-refractivity contribution in [3.05, 3.63) is 29.3 Å². The molecule has 0 aliphatic carbocycles. The van der Waals surface area contributed by atoms with Crippen molar-refractivity contribution in [3.8, 4) is 5.75 Å². The van der Waals surface area contributed by atoms with Crippen molar-refractivity contribution in [2.45, 2.75) is 19.4 Å². The predicted octanol–water partition coefficient (Wildman–Crippen LogP) is 3.09. The molecule has 0 radical (unpaired) electrons. The Bertz CT molecular complexity index is 417. The Morgan fingerprint density at radius 2 is 2.06 bits per heavy atom. The number of carbonyl (C=O) groups is 1. The molecule has 1 aliphatic rings. The van der Waals surface area contributed by atoms with Gasteiger partial charge in [-0.3, -0.25) is 9.69 Å². The van der Waals surface area contributed by atoms with Crippen LogP contribution in [0, 0.1) is 0 Å². The van der Waals surface area contributed by atoms with Crippen molar-refractivity contribution < 1.29 is 9.53 Å². The van der Waals surface area contributed by atoms with E-state index in [1.807, 2.05) is 6.07 Å². The third-order valence-corrected chi connectivity index (χ3v) is 3.32. The van der Waals surface area contributed by atoms with Gasteiger partial charge in [-0.2, -0.15) is 0 Å². The summed E-state index contributed by atoms with van der Waals surface area (Å²) in [6.45, 7) is 3.15. The number of rotatable bonds is 4. The van der Waals surface area contributed by atoms with Gasteiger partial charge in [-0.1, -0.05) is 6.07 Å². The maximum absolute atomic E-state index is 11.1. The first kappa shape index (κ1) is 15.3. The standard InChI is InChI=1S/C13H16ClNO2.ClH/c1-17-12-8-10(13(14)16)4-5-11(12)9-15-6-2-3-7-15;/h4-5,8H,2-3,6-7,9H2,1H3;1H. The van der Waals surface area contributed by atoms with Crippen LogP contribution in [0.15, 0.2) is 18.2 Å². The Morgan fingerprint density at radius 3 is 2.61 bits per heavy atom. The van der Waals surface area contributed by atoms with E-state index in [9.17, 15) is 4.79 Å². The number of hydrogen-bond acceptors (Lipinski definition) is 3. The van der Waals surface area contributed by atoms with Crippen molar-refractivity contribution in [3.63, 3.8) is 0 Å². The molecule has 18 heavy (non-hydrogen) atoms. The summed E-state index contributed by atoms with van der Waals surface area (Å²) in [4.78, 5) is 13.5. The van der Waals surface area contributed by atoms with E-state index >= 15 is 0 Å². The Morgan fingerprint density at radius 1 is 1.39 bits per heavy atom. The van der Waals surface area contributed by atoms with Crippen LogP contribution in [0.2, 0.25) is 0 Å². The van der Waals surface area contributed by atoms with Crippen molar-refractivity contribution in [1.82, 2.24) is 4.90 Å². The van der Waals surface area contributed by atoms with Gasteiger partial charge >= 0.3 is 0 Å². The lowest BCUT2D eigenvalue weighted by Gasteiger charge is -2.17. The predicted molar refractivity (Wildman–Crippen MR) is 74.9 cm³/mol. The molecule has 2 rings (SSSR count). The first-order chi connectivity index (χ1) is 8.20. The van der Waals surface area contributed by atoms with Crippen LogP contribution in [0.3, 0.4) is 0 Å². The van der Waals surface area contributed by atoms with Crippen LogP contribution in [0.25, 0.3) is 0 Å². The number of carbonyl (C=O) groups excluding carboxylic acids is 1. The molecule has 5 heteroatoms. The molecule has 1 aliphatic heterocycles. The minimum Gasteiger partial charge on any atom is -0.496 e. The van der Waals surface area contributed by atoms with Gasteiger partial charge in [-0.25, -0.2) is 0 Å². The summed E-state index contributed by atoms with van der Waals surface area (Å²) in [5.41, 5.74) is 1.59. The molecular weight excluding hydrogens is 273 g/mol. The summed E-state index contributed by atoms with van der Waals surface area (Å²) in [6, 6.07) is 5.39. The number of ether oxygens (including phenoxy) is 1. The van der Waals surface area contributed by atoms with Gasteiger partial charge in [-0.05, 0) is 49.7 Å². The summed E-state index contributed by atoms with van der Waals surface area (Å²) < 4.78 is 5.31. The Hall–Kier alpha value is -0.770. The summed E-state index contributed by atoms with van der Waals surface area (Å²) >= 11 is 5.45. The van der Waals surface area contributed by atoms with Crippen LogP contribution < -0.4 is 4.74 Å². The van der Waals surface area contributed by atoms with E-state index in [4.69, 9.17) is 16.3 Å². The maximum Gasteiger partial charge on any atom is 0.252 e. The first-order valence-electron chi connectivity index (χ1n) is 5.80. The number of halogens is 2. The van der Waals surface area contributed by atoms with Crippen LogP contribution >= 0.6 is 24.0 Å². The van der Waals surface area contributed by atoms with E-state index in [0.29, 0.717) is 5.56 Å². The monoisotopic (exact) mass is 289 g/mol. The summed E-state index contributed by atoms with van der Waals surface area (Å²) in [5, 5.41) is -0.448. The molecule has 0 atom stereocenters. The second kappa shape index (κ2) is 6.98. The Labute approximate surface area is 118 Å². The molecule has 3 nitrogen and oxygen atoms in total. The molecule has 1 fully saturated rings. The molecule has 1 heterocycles. The van der Waals surface area contributed by atoms with Crippen molar-refractivity contribution >= 4 is 29.3 Å². The number of likely N-dealkylation sites (tertiary alicyclic amines) is 1. The number of nitrogens with zero attached hydrogens (tertiary/aromatic N) is 1. The van der Waals surface area contributed by atoms with Gasteiger partial charge in [-0.15, -0.1) is 12.4 Å². The fraction of sp³-hybridized carbons (Fsp3) is 0.462. The molecule has 1 aromatic rings. The van der Waals surface area contributed by atoms with Crippen LogP contribution in [-0.4, -0.2) is 30.3 Å². The number of hydrogen-bond donors (Lipinski definition) is 0. The quantitative estimate of drug-likeness (QED) is 0.798. The summed E-state index contributed by atoms with van der Waals surface area (Å²) in [6.07, 6.45) is 2.53. The molecule has 0 spiro atoms. The van der Waals surface area contributed by atoms with Crippen molar-refractivity contribution in [2.75, 3.05) is 20.2 Å². The van der Waals surface area contributed by atoms with E-state index in [0.717, 1.165) is 30.9 Å². The molecule has 0 aromatic heterocycles. The topological polar surface area (TPSA) is 29.5 Å². The average molecular weight is 290 g/mol. The lowest BCUT2D eigenvalue weighted by molar-refractivity contribution is 0.108. The van der Waals surface area contributed by atoms with Gasteiger partial charge in [0.05, 0.1) is 7.11 Å². The van der Waals surface area contributed by atoms with Crippen LogP contribution in [0.4, 0.5) is 0 Å². The smallest absolute Gasteiger partial charge is 0.252 e. The van der Waals surface area contributed by atoms with Crippen molar-refractivity contribution in [2.24, 2.45) is 0 Å². The maximum atomic E-state index is 11.1. The molecule has 0 bridgehead atoms. The molecule has 0 N–H and O–H groups in total. The number of methoxy groups -OCH3 is 1. The van der Waals surface area contributed by atoms with Gasteiger partial charge in [0.15, 0.2) is 0 Å². The zero-order chi connectivity index (χ0) is 12.3. The van der Waals surface area contributed by atoms with Crippen LogP contribution in [0.5, 0.6) is 5.75 Å². The van der Waals surface area contributed by atoms with Crippen LogP contribution in [0.1, 0.15) is 28.8 Å². The fourth-order valence-corrected chi connectivity index (χ4v) is 2.30. The van der Waals surface area contributed by atoms with Gasteiger partial charge in [0.1, 0.15) is 5.75 Å². The van der Waals surface area contributed by atoms with Gasteiger partial charge in [0.2, 0.25) is 0 Å². The van der Waals surface area contributed by atoms with Gasteiger partial charge in [0, 0.05) is 17.7 Å². The Balaban J connectivity index is 0.00000162. The molecular formula is C13H17Cl2NO2. The minimum absolute atomic E-state index is 0. The fourth-order valence-electron chi connectivity index (χ4n) is 2.18. The second-order valence-corrected chi connectivity index (χ2v) is 4.63. The largest absolute Gasteiger partial charge is 0.496 e. The SMILES string of the molecule is COc1cc(C(=O)Cl)ccc1CN1CCCC1.Cl. The second-order valence-electron chi connectivity index (χ2n) is 4.28. The van der Waals surface area contributed by atoms with E-state index in [-0.39, 0.29) is 12.4 Å². The molecule has 100 valence electrons. The molecule has 0 amide bonds. The van der Waals surface area contributed by atoms with E-state index < -0.39 is 5.24 Å². The normalized spacial score (nSPS) is 15.2. The highest BCUT2D eigenvalue weighted by atomic mass is 35.5. The highest BCUT2D eigenvalue weighted by Gasteiger charge is 2.15. The summed E-state index contributed by atoms with van der Waals surface area (Å²) in [7, 11) is 1.62. The molecule has 0 saturated carbocycles. The van der Waals surface area contributed by atoms with E-state index in [1.54, 1.807) is 19.2 Å². The highest BCUT2D eigenvalue weighted by molar-refractivity contribution is 6.67.